The van der Waals surface area contributed by atoms with Crippen molar-refractivity contribution in [3.63, 3.8) is 0 Å². The zero-order valence-electron chi connectivity index (χ0n) is 9.86. The summed E-state index contributed by atoms with van der Waals surface area (Å²) in [7, 11) is 1.30. The first kappa shape index (κ1) is 15.0. The second-order valence-corrected chi connectivity index (χ2v) is 3.63. The third kappa shape index (κ3) is 4.59. The van der Waals surface area contributed by atoms with E-state index in [1.54, 1.807) is 0 Å². The molecule has 0 saturated carbocycles. The Morgan fingerprint density at radius 2 is 2.16 bits per heavy atom. The van der Waals surface area contributed by atoms with Gasteiger partial charge < -0.3 is 20.9 Å². The predicted molar refractivity (Wildman–Crippen MR) is 66.6 cm³/mol. The summed E-state index contributed by atoms with van der Waals surface area (Å²) in [5.74, 6) is -0.337. The summed E-state index contributed by atoms with van der Waals surface area (Å²) in [4.78, 5) is 0. The monoisotopic (exact) mass is 293 g/mol. The molecule has 19 heavy (non-hydrogen) atoms. The van der Waals surface area contributed by atoms with E-state index < -0.39 is 6.61 Å². The van der Waals surface area contributed by atoms with E-state index in [0.29, 0.717) is 5.56 Å². The summed E-state index contributed by atoms with van der Waals surface area (Å²) in [6, 6.07) is 2.82. The largest absolute Gasteiger partial charge is 0.493 e. The van der Waals surface area contributed by atoms with Gasteiger partial charge >= 0.3 is 6.61 Å². The van der Waals surface area contributed by atoms with Crippen LogP contribution in [0.5, 0.6) is 11.5 Å². The number of hydrazone groups is 1. The van der Waals surface area contributed by atoms with Crippen molar-refractivity contribution in [2.24, 2.45) is 16.6 Å². The number of nitrogens with two attached hydrogens (primary N) is 2. The molecule has 0 atom stereocenters. The summed E-state index contributed by atoms with van der Waals surface area (Å²) in [6.07, 6.45) is 1.40. The smallest absolute Gasteiger partial charge is 0.387 e. The molecular formula is C10H12ClF2N4O2+. The van der Waals surface area contributed by atoms with E-state index >= 15 is 0 Å². The van der Waals surface area contributed by atoms with Gasteiger partial charge in [0.2, 0.25) is 6.21 Å². The van der Waals surface area contributed by atoms with Crippen molar-refractivity contribution in [1.82, 2.24) is 0 Å². The van der Waals surface area contributed by atoms with Crippen LogP contribution in [0.4, 0.5) is 8.78 Å². The summed E-state index contributed by atoms with van der Waals surface area (Å²) < 4.78 is 33.6. The van der Waals surface area contributed by atoms with E-state index in [0.717, 1.165) is 0 Å². The lowest BCUT2D eigenvalue weighted by molar-refractivity contribution is -0.456. The molecule has 0 heterocycles. The number of halogens is 3. The van der Waals surface area contributed by atoms with Crippen molar-refractivity contribution < 1.29 is 23.4 Å². The van der Waals surface area contributed by atoms with Gasteiger partial charge in [-0.2, -0.15) is 8.78 Å². The lowest BCUT2D eigenvalue weighted by atomic mass is 10.2. The fourth-order valence-electron chi connectivity index (χ4n) is 1.21. The average Bonchev–Trinajstić information content (AvgIpc) is 2.31. The number of nitrogens with zero attached hydrogens (tertiary/aromatic N) is 1. The quantitative estimate of drug-likeness (QED) is 0.392. The summed E-state index contributed by atoms with van der Waals surface area (Å²) in [6.45, 7) is -3.00. The third-order valence-corrected chi connectivity index (χ3v) is 2.16. The molecule has 0 amide bonds. The molecule has 0 bridgehead atoms. The first-order chi connectivity index (χ1) is 8.93. The highest BCUT2D eigenvalue weighted by Crippen LogP contribution is 2.36. The molecule has 0 unspecified atom stereocenters. The lowest BCUT2D eigenvalue weighted by Crippen LogP contribution is -2.63. The Labute approximate surface area is 112 Å². The Balaban J connectivity index is 3.08. The van der Waals surface area contributed by atoms with Gasteiger partial charge in [-0.1, -0.05) is 11.6 Å². The maximum atomic E-state index is 12.2. The second-order valence-electron chi connectivity index (χ2n) is 3.22. The van der Waals surface area contributed by atoms with Crippen molar-refractivity contribution in [2.75, 3.05) is 7.11 Å². The van der Waals surface area contributed by atoms with E-state index in [9.17, 15) is 8.78 Å². The fourth-order valence-corrected chi connectivity index (χ4v) is 1.47. The van der Waals surface area contributed by atoms with Gasteiger partial charge in [-0.3, -0.25) is 0 Å². The highest BCUT2D eigenvalue weighted by Gasteiger charge is 2.16. The molecule has 0 spiro atoms. The molecule has 9 heteroatoms. The molecule has 0 aliphatic rings. The molecule has 0 fully saturated rings. The van der Waals surface area contributed by atoms with Crippen molar-refractivity contribution in [3.05, 3.63) is 22.7 Å². The van der Waals surface area contributed by atoms with Crippen molar-refractivity contribution in [2.45, 2.75) is 6.61 Å². The minimum absolute atomic E-state index is 0.0302. The number of methoxy groups -OCH3 is 1. The second kappa shape index (κ2) is 6.74. The van der Waals surface area contributed by atoms with Crippen LogP contribution in [0.2, 0.25) is 5.02 Å². The molecule has 1 aromatic rings. The van der Waals surface area contributed by atoms with Crippen LogP contribution in [0.25, 0.3) is 0 Å². The number of alkyl halides is 2. The molecule has 0 aliphatic carbocycles. The van der Waals surface area contributed by atoms with Crippen LogP contribution in [-0.2, 0) is 0 Å². The van der Waals surface area contributed by atoms with Gasteiger partial charge in [0.05, 0.1) is 12.1 Å². The van der Waals surface area contributed by atoms with Crippen LogP contribution >= 0.6 is 11.6 Å². The summed E-state index contributed by atoms with van der Waals surface area (Å²) in [5, 5.41) is 5.93. The van der Waals surface area contributed by atoms with E-state index in [1.165, 1.54) is 25.5 Å². The van der Waals surface area contributed by atoms with Crippen molar-refractivity contribution in [3.8, 4) is 11.5 Å². The highest BCUT2D eigenvalue weighted by molar-refractivity contribution is 6.32. The van der Waals surface area contributed by atoms with Crippen LogP contribution in [0.15, 0.2) is 17.2 Å². The third-order valence-electron chi connectivity index (χ3n) is 1.88. The molecule has 0 saturated heterocycles. The molecular weight excluding hydrogens is 282 g/mol. The van der Waals surface area contributed by atoms with Crippen LogP contribution in [0, 0.1) is 0 Å². The van der Waals surface area contributed by atoms with E-state index in [1.807, 2.05) is 0 Å². The van der Waals surface area contributed by atoms with Crippen LogP contribution < -0.4 is 26.0 Å². The summed E-state index contributed by atoms with van der Waals surface area (Å²) in [5.41, 5.74) is 10.7. The predicted octanol–water partition coefficient (Wildman–Crippen LogP) is -0.362. The first-order valence-corrected chi connectivity index (χ1v) is 5.31. The van der Waals surface area contributed by atoms with E-state index in [2.05, 4.69) is 14.9 Å². The molecule has 6 nitrogen and oxygen atoms in total. The average molecular weight is 294 g/mol. The van der Waals surface area contributed by atoms with Gasteiger partial charge in [0.25, 0.3) is 5.96 Å². The summed E-state index contributed by atoms with van der Waals surface area (Å²) >= 11 is 5.83. The van der Waals surface area contributed by atoms with Crippen molar-refractivity contribution in [1.29, 1.82) is 0 Å². The van der Waals surface area contributed by atoms with E-state index in [-0.39, 0.29) is 22.5 Å². The topological polar surface area (TPSA) is 96.8 Å². The molecule has 0 radical (unpaired) electrons. The first-order valence-electron chi connectivity index (χ1n) is 4.93. The maximum Gasteiger partial charge on any atom is 0.387 e. The number of hydrogen-bond donors (Lipinski definition) is 3. The maximum absolute atomic E-state index is 12.2. The Kier molecular flexibility index (Phi) is 5.31. The number of benzene rings is 1. The minimum atomic E-state index is -3.00. The Morgan fingerprint density at radius 3 is 2.68 bits per heavy atom. The SMILES string of the molecule is COc1cc(/C=[NH+]\N=C(N)N)cc(Cl)c1OC(F)F. The fraction of sp³-hybridized carbons (Fsp3) is 0.200. The molecule has 1 aromatic carbocycles. The highest BCUT2D eigenvalue weighted by atomic mass is 35.5. The number of ether oxygens (including phenoxy) is 2. The van der Waals surface area contributed by atoms with Gasteiger partial charge in [0.15, 0.2) is 11.5 Å². The standard InChI is InChI=1S/C10H11ClF2N4O2/c1-18-7-3-5(4-16-17-10(14)15)2-6(11)8(7)19-9(12)13/h2-4,9H,1H3,(H4,14,15,17)/p+1/b16-4-. The molecule has 0 aromatic heterocycles. The molecule has 104 valence electrons. The van der Waals surface area contributed by atoms with E-state index in [4.69, 9.17) is 27.8 Å². The van der Waals surface area contributed by atoms with Crippen LogP contribution in [-0.4, -0.2) is 25.9 Å². The number of rotatable bonds is 5. The van der Waals surface area contributed by atoms with Crippen molar-refractivity contribution >= 4 is 23.8 Å². The Morgan fingerprint density at radius 1 is 1.47 bits per heavy atom. The zero-order chi connectivity index (χ0) is 14.4. The van der Waals surface area contributed by atoms with Crippen LogP contribution in [0.1, 0.15) is 5.56 Å². The molecule has 0 aliphatic heterocycles. The van der Waals surface area contributed by atoms with Crippen LogP contribution in [0.3, 0.4) is 0 Å². The van der Waals surface area contributed by atoms with Gasteiger partial charge in [-0.25, -0.2) is 0 Å². The number of hydrogen-bond acceptors (Lipinski definition) is 3. The number of nitrogens with one attached hydrogen (secondary N) is 1. The number of guanidine groups is 1. The van der Waals surface area contributed by atoms with Gasteiger partial charge in [0, 0.05) is 10.7 Å². The van der Waals surface area contributed by atoms with Gasteiger partial charge in [0.1, 0.15) is 0 Å². The Hall–Kier alpha value is -2.09. The zero-order valence-corrected chi connectivity index (χ0v) is 10.6. The van der Waals surface area contributed by atoms with Gasteiger partial charge in [-0.15, -0.1) is 5.10 Å². The lowest BCUT2D eigenvalue weighted by Gasteiger charge is -2.11. The minimum Gasteiger partial charge on any atom is -0.493 e. The van der Waals surface area contributed by atoms with Gasteiger partial charge in [-0.05, 0) is 12.1 Å². The molecule has 1 rings (SSSR count). The molecule has 5 N–H and O–H groups in total. The normalized spacial score (nSPS) is 10.8. The Bertz CT molecular complexity index is 505.